The van der Waals surface area contributed by atoms with Crippen LogP contribution >= 0.6 is 11.3 Å². The highest BCUT2D eigenvalue weighted by Crippen LogP contribution is 2.45. The van der Waals surface area contributed by atoms with Crippen LogP contribution in [0.15, 0.2) is 72.2 Å². The number of fused-ring (bicyclic) bond motifs is 6. The number of pyridine rings is 1. The molecular weight excluding hydrogens is 967 g/mol. The van der Waals surface area contributed by atoms with Crippen LogP contribution < -0.4 is 10.7 Å². The molecule has 10 rings (SSSR count). The number of nitrogens with zero attached hydrogens (tertiary/aromatic N) is 7. The lowest BCUT2D eigenvalue weighted by molar-refractivity contribution is -0.155. The SMILES string of the molecule is CCn1c(-c2cccnc2C(C)C)c2c3cc(ccc31)-c1csc(n1)C[C@H](NC(=O)[C@H](C(C)C)N1CC[C@]3(CCN(C(=O)[C@@]4(C)CN4C(=O)OCc4ccccc4)C3)C1)C(=O)N1CCC[C@H](N1)C(=O)OCC(C)(C)C2. The van der Waals surface area contributed by atoms with Gasteiger partial charge in [0.15, 0.2) is 0 Å². The zero-order valence-electron chi connectivity index (χ0n) is 44.8. The zero-order chi connectivity index (χ0) is 53.0. The van der Waals surface area contributed by atoms with E-state index >= 15 is 0 Å². The standard InChI is InChI=1S/C58H73N9O7S/c1-9-65-46-20-19-39-27-41(46)42(50(65)40-17-13-23-59-48(40)36(2)3)29-56(6,7)35-74-53(70)43-18-14-24-67(62-43)52(69)44(28-47-60-45(39)31-75-47)61-51(68)49(37(4)5)63-25-21-58(33-63)22-26-64(34-58)54(71)57(8)32-66(57)55(72)73-30-38-15-11-10-12-16-38/h10-13,15-17,19-20,23,27,31,36-37,43-44,49,62H,9,14,18,21-22,24-26,28-30,32-35H2,1-8H3,(H,61,68)/t43-,44-,49-,57+,58-,66?/m0/s1. The number of carbonyl (C=O) groups is 5. The van der Waals surface area contributed by atoms with E-state index in [1.54, 1.807) is 6.92 Å². The highest BCUT2D eigenvalue weighted by atomic mass is 32.1. The molecule has 0 unspecified atom stereocenters. The van der Waals surface area contributed by atoms with Gasteiger partial charge in [0.05, 0.1) is 41.3 Å². The van der Waals surface area contributed by atoms with Crippen molar-refractivity contribution in [2.75, 3.05) is 45.9 Å². The van der Waals surface area contributed by atoms with Crippen molar-refractivity contribution in [2.45, 2.75) is 137 Å². The Morgan fingerprint density at radius 2 is 1.75 bits per heavy atom. The quantitative estimate of drug-likeness (QED) is 0.103. The molecular formula is C58H73N9O7S. The molecule has 17 heteroatoms. The second-order valence-electron chi connectivity index (χ2n) is 23.3. The highest BCUT2D eigenvalue weighted by Gasteiger charge is 2.61. The van der Waals surface area contributed by atoms with Crippen LogP contribution in [0, 0.1) is 16.7 Å². The smallest absolute Gasteiger partial charge is 0.411 e. The topological polar surface area (TPSA) is 171 Å². The first-order valence-electron chi connectivity index (χ1n) is 27.0. The Bertz CT molecular complexity index is 2990. The molecule has 4 fully saturated rings. The van der Waals surface area contributed by atoms with Gasteiger partial charge in [-0.1, -0.05) is 77.9 Å². The van der Waals surface area contributed by atoms with Crippen molar-refractivity contribution < 1.29 is 33.4 Å². The molecule has 3 aromatic heterocycles. The van der Waals surface area contributed by atoms with Crippen molar-refractivity contribution in [1.29, 1.82) is 0 Å². The number of aryl methyl sites for hydroxylation is 1. The fourth-order valence-electron chi connectivity index (χ4n) is 12.2. The van der Waals surface area contributed by atoms with Gasteiger partial charge in [0.25, 0.3) is 5.91 Å². The molecule has 5 aromatic rings. The molecule has 75 heavy (non-hydrogen) atoms. The Kier molecular flexibility index (Phi) is 14.5. The predicted molar refractivity (Wildman–Crippen MR) is 288 cm³/mol. The molecule has 5 aliphatic heterocycles. The summed E-state index contributed by atoms with van der Waals surface area (Å²) in [6, 6.07) is 17.9. The maximum atomic E-state index is 14.9. The van der Waals surface area contributed by atoms with Crippen molar-refractivity contribution in [3.63, 3.8) is 0 Å². The van der Waals surface area contributed by atoms with Crippen molar-refractivity contribution in [3.05, 3.63) is 94.1 Å². The van der Waals surface area contributed by atoms with Gasteiger partial charge < -0.3 is 24.3 Å². The van der Waals surface area contributed by atoms with Gasteiger partial charge in [-0.05, 0) is 99.7 Å². The van der Waals surface area contributed by atoms with Gasteiger partial charge in [-0.3, -0.25) is 39.0 Å². The Hall–Kier alpha value is -6.17. The molecule has 0 saturated carbocycles. The number of cyclic esters (lactones) is 1. The number of hydrazine groups is 1. The van der Waals surface area contributed by atoms with Crippen molar-refractivity contribution in [1.82, 2.24) is 45.0 Å². The van der Waals surface area contributed by atoms with Crippen LogP contribution in [0.25, 0.3) is 33.4 Å². The van der Waals surface area contributed by atoms with Crippen molar-refractivity contribution >= 4 is 52.0 Å². The first-order chi connectivity index (χ1) is 35.9. The maximum absolute atomic E-state index is 14.9. The van der Waals surface area contributed by atoms with E-state index < -0.39 is 41.1 Å². The van der Waals surface area contributed by atoms with Gasteiger partial charge in [-0.25, -0.2) is 15.2 Å². The number of ether oxygens (including phenoxy) is 2. The summed E-state index contributed by atoms with van der Waals surface area (Å²) < 4.78 is 14.1. The van der Waals surface area contributed by atoms with E-state index in [4.69, 9.17) is 19.4 Å². The lowest BCUT2D eigenvalue weighted by Crippen LogP contribution is -2.62. The van der Waals surface area contributed by atoms with E-state index in [1.165, 1.54) is 21.2 Å². The number of carbonyl (C=O) groups excluding carboxylic acids is 5. The summed E-state index contributed by atoms with van der Waals surface area (Å²) in [5.74, 6) is -0.997. The van der Waals surface area contributed by atoms with E-state index in [-0.39, 0.29) is 54.6 Å². The van der Waals surface area contributed by atoms with Crippen molar-refractivity contribution in [3.8, 4) is 22.5 Å². The van der Waals surface area contributed by atoms with Gasteiger partial charge in [0.2, 0.25) is 11.8 Å². The minimum Gasteiger partial charge on any atom is -0.464 e. The number of hydrogen-bond donors (Lipinski definition) is 2. The third-order valence-corrected chi connectivity index (χ3v) is 17.2. The van der Waals surface area contributed by atoms with Crippen molar-refractivity contribution in [2.24, 2.45) is 16.7 Å². The fourth-order valence-corrected chi connectivity index (χ4v) is 13.1. The number of thiazole rings is 1. The van der Waals surface area contributed by atoms with Crippen LogP contribution in [0.4, 0.5) is 4.79 Å². The molecule has 0 radical (unpaired) electrons. The summed E-state index contributed by atoms with van der Waals surface area (Å²) in [5, 5.41) is 8.55. The molecule has 16 nitrogen and oxygen atoms in total. The number of aromatic nitrogens is 3. The lowest BCUT2D eigenvalue weighted by atomic mass is 9.84. The number of esters is 1. The molecule has 2 N–H and O–H groups in total. The molecule has 1 spiro atoms. The van der Waals surface area contributed by atoms with E-state index in [0.29, 0.717) is 63.5 Å². The van der Waals surface area contributed by atoms with Gasteiger partial charge in [0.1, 0.15) is 24.2 Å². The lowest BCUT2D eigenvalue weighted by Gasteiger charge is -2.36. The minimum absolute atomic E-state index is 0.0794. The normalized spacial score (nSPS) is 24.5. The number of nitrogens with one attached hydrogen (secondary N) is 2. The zero-order valence-corrected chi connectivity index (χ0v) is 45.6. The molecule has 5 aliphatic rings. The second kappa shape index (κ2) is 20.7. The number of rotatable bonds is 10. The Morgan fingerprint density at radius 3 is 2.51 bits per heavy atom. The number of benzene rings is 2. The summed E-state index contributed by atoms with van der Waals surface area (Å²) in [6.07, 6.45) is 4.81. The van der Waals surface area contributed by atoms with Gasteiger partial charge in [-0.2, -0.15) is 0 Å². The van der Waals surface area contributed by atoms with Crippen LogP contribution in [0.1, 0.15) is 109 Å². The molecule has 8 heterocycles. The molecule has 4 amide bonds. The van der Waals surface area contributed by atoms with Crippen LogP contribution in [0.2, 0.25) is 0 Å². The average Bonchev–Trinajstić information content (AvgIpc) is 3.87. The second-order valence-corrected chi connectivity index (χ2v) is 24.3. The first kappa shape index (κ1) is 52.3. The Labute approximate surface area is 444 Å². The highest BCUT2D eigenvalue weighted by molar-refractivity contribution is 7.10. The third kappa shape index (κ3) is 10.4. The van der Waals surface area contributed by atoms with Gasteiger partial charge in [0, 0.05) is 83.6 Å². The molecule has 6 bridgehead atoms. The summed E-state index contributed by atoms with van der Waals surface area (Å²) in [6.45, 7) is 20.7. The summed E-state index contributed by atoms with van der Waals surface area (Å²) in [5.41, 5.74) is 9.70. The molecule has 2 aromatic carbocycles. The Morgan fingerprint density at radius 1 is 0.960 bits per heavy atom. The van der Waals surface area contributed by atoms with Crippen LogP contribution in [0.5, 0.6) is 0 Å². The van der Waals surface area contributed by atoms with E-state index in [2.05, 4.69) is 79.1 Å². The van der Waals surface area contributed by atoms with Gasteiger partial charge in [-0.15, -0.1) is 11.3 Å². The average molecular weight is 1040 g/mol. The number of likely N-dealkylation sites (tertiary alicyclic amines) is 2. The first-order valence-corrected chi connectivity index (χ1v) is 27.9. The summed E-state index contributed by atoms with van der Waals surface area (Å²) in [7, 11) is 0. The third-order valence-electron chi connectivity index (χ3n) is 16.3. The molecule has 398 valence electrons. The Balaban J connectivity index is 0.895. The van der Waals surface area contributed by atoms with E-state index in [0.717, 1.165) is 69.6 Å². The maximum Gasteiger partial charge on any atom is 0.411 e. The van der Waals surface area contributed by atoms with E-state index in [9.17, 15) is 24.0 Å². The summed E-state index contributed by atoms with van der Waals surface area (Å²) >= 11 is 1.47. The molecule has 4 saturated heterocycles. The fraction of sp³-hybridized carbons (Fsp3) is 0.534. The monoisotopic (exact) mass is 1040 g/mol. The van der Waals surface area contributed by atoms with Crippen LogP contribution in [-0.4, -0.2) is 134 Å². The molecule has 5 atom stereocenters. The van der Waals surface area contributed by atoms with Crippen LogP contribution in [-0.2, 0) is 54.6 Å². The number of hydrogen-bond acceptors (Lipinski definition) is 12. The van der Waals surface area contributed by atoms with E-state index in [1.807, 2.05) is 66.7 Å². The minimum atomic E-state index is -0.986. The largest absolute Gasteiger partial charge is 0.464 e. The summed E-state index contributed by atoms with van der Waals surface area (Å²) in [4.78, 5) is 86.5. The number of amides is 4. The molecule has 0 aliphatic carbocycles. The predicted octanol–water partition coefficient (Wildman–Crippen LogP) is 7.98. The van der Waals surface area contributed by atoms with Gasteiger partial charge >= 0.3 is 12.1 Å². The van der Waals surface area contributed by atoms with Crippen LogP contribution in [0.3, 0.4) is 0 Å².